The first-order chi connectivity index (χ1) is 7.31. The molecule has 2 aromatic rings. The van der Waals surface area contributed by atoms with E-state index in [0.717, 1.165) is 0 Å². The van der Waals surface area contributed by atoms with Crippen molar-refractivity contribution in [2.24, 2.45) is 0 Å². The van der Waals surface area contributed by atoms with Gasteiger partial charge in [-0.3, -0.25) is 9.36 Å². The monoisotopic (exact) mass is 202 g/mol. The van der Waals surface area contributed by atoms with Crippen LogP contribution in [0.3, 0.4) is 0 Å². The topological polar surface area (TPSA) is 59.8 Å². The van der Waals surface area contributed by atoms with Crippen LogP contribution in [0.1, 0.15) is 0 Å². The zero-order valence-corrected chi connectivity index (χ0v) is 8.21. The van der Waals surface area contributed by atoms with Crippen LogP contribution >= 0.6 is 0 Å². The lowest BCUT2D eigenvalue weighted by Crippen LogP contribution is -2.17. The van der Waals surface area contributed by atoms with Gasteiger partial charge < -0.3 is 5.32 Å². The molecule has 0 atom stereocenters. The zero-order valence-electron chi connectivity index (χ0n) is 8.21. The van der Waals surface area contributed by atoms with E-state index in [1.807, 2.05) is 0 Å². The summed E-state index contributed by atoms with van der Waals surface area (Å²) in [5.41, 5.74) is -0.113. The predicted molar refractivity (Wildman–Crippen MR) is 57.2 cm³/mol. The second-order valence-corrected chi connectivity index (χ2v) is 2.92. The third-order valence-corrected chi connectivity index (χ3v) is 1.98. The minimum absolute atomic E-state index is 0.113. The molecule has 0 aliphatic carbocycles. The summed E-state index contributed by atoms with van der Waals surface area (Å²) in [5.74, 6) is 1.23. The van der Waals surface area contributed by atoms with Gasteiger partial charge in [-0.05, 0) is 6.07 Å². The highest BCUT2D eigenvalue weighted by Crippen LogP contribution is 2.05. The first-order valence-corrected chi connectivity index (χ1v) is 4.49. The van der Waals surface area contributed by atoms with Crippen molar-refractivity contribution in [3.63, 3.8) is 0 Å². The van der Waals surface area contributed by atoms with Crippen LogP contribution in [-0.2, 0) is 0 Å². The van der Waals surface area contributed by atoms with Crippen molar-refractivity contribution in [2.45, 2.75) is 0 Å². The summed E-state index contributed by atoms with van der Waals surface area (Å²) >= 11 is 0. The molecule has 0 radical (unpaired) electrons. The molecule has 15 heavy (non-hydrogen) atoms. The van der Waals surface area contributed by atoms with Gasteiger partial charge in [0.2, 0.25) is 0 Å². The number of pyridine rings is 1. The fraction of sp³-hybridized carbons (Fsp3) is 0.100. The number of hydrogen-bond donors (Lipinski definition) is 1. The van der Waals surface area contributed by atoms with Crippen LogP contribution < -0.4 is 10.9 Å². The maximum atomic E-state index is 11.5. The van der Waals surface area contributed by atoms with Gasteiger partial charge in [-0.1, -0.05) is 6.07 Å². The van der Waals surface area contributed by atoms with Gasteiger partial charge in [0, 0.05) is 25.4 Å². The van der Waals surface area contributed by atoms with Gasteiger partial charge in [-0.15, -0.1) is 0 Å². The van der Waals surface area contributed by atoms with Gasteiger partial charge in [-0.2, -0.15) is 0 Å². The summed E-state index contributed by atoms with van der Waals surface area (Å²) in [4.78, 5) is 19.5. The Morgan fingerprint density at radius 3 is 2.93 bits per heavy atom. The second kappa shape index (κ2) is 3.91. The Morgan fingerprint density at radius 1 is 1.33 bits per heavy atom. The second-order valence-electron chi connectivity index (χ2n) is 2.92. The lowest BCUT2D eigenvalue weighted by molar-refractivity contribution is 0.927. The highest BCUT2D eigenvalue weighted by molar-refractivity contribution is 5.39. The van der Waals surface area contributed by atoms with E-state index in [0.29, 0.717) is 11.6 Å². The van der Waals surface area contributed by atoms with Gasteiger partial charge in [0.15, 0.2) is 0 Å². The van der Waals surface area contributed by atoms with Crippen molar-refractivity contribution >= 4 is 5.82 Å². The van der Waals surface area contributed by atoms with Gasteiger partial charge in [0.1, 0.15) is 18.0 Å². The number of rotatable bonds is 2. The van der Waals surface area contributed by atoms with E-state index >= 15 is 0 Å². The SMILES string of the molecule is CNc1cc(-n2ccccc2=O)ncn1. The lowest BCUT2D eigenvalue weighted by atomic mass is 10.4. The molecule has 5 nitrogen and oxygen atoms in total. The average molecular weight is 202 g/mol. The van der Waals surface area contributed by atoms with Crippen molar-refractivity contribution < 1.29 is 0 Å². The fourth-order valence-corrected chi connectivity index (χ4v) is 1.23. The van der Waals surface area contributed by atoms with Gasteiger partial charge in [0.05, 0.1) is 0 Å². The Labute approximate surface area is 86.4 Å². The average Bonchev–Trinajstić information content (AvgIpc) is 2.30. The van der Waals surface area contributed by atoms with Crippen LogP contribution in [0.2, 0.25) is 0 Å². The number of nitrogens with one attached hydrogen (secondary N) is 1. The number of nitrogens with zero attached hydrogens (tertiary/aromatic N) is 3. The van der Waals surface area contributed by atoms with E-state index in [4.69, 9.17) is 0 Å². The Hall–Kier alpha value is -2.17. The van der Waals surface area contributed by atoms with E-state index in [-0.39, 0.29) is 5.56 Å². The molecule has 1 N–H and O–H groups in total. The normalized spacial score (nSPS) is 9.93. The van der Waals surface area contributed by atoms with E-state index in [1.54, 1.807) is 31.4 Å². The summed E-state index contributed by atoms with van der Waals surface area (Å²) in [5, 5.41) is 2.89. The molecule has 0 aromatic carbocycles. The molecule has 0 unspecified atom stereocenters. The molecule has 2 rings (SSSR count). The van der Waals surface area contributed by atoms with Crippen molar-refractivity contribution in [3.8, 4) is 5.82 Å². The smallest absolute Gasteiger partial charge is 0.256 e. The van der Waals surface area contributed by atoms with Crippen molar-refractivity contribution in [3.05, 3.63) is 47.1 Å². The number of hydrogen-bond acceptors (Lipinski definition) is 4. The van der Waals surface area contributed by atoms with Gasteiger partial charge in [0.25, 0.3) is 5.56 Å². The van der Waals surface area contributed by atoms with E-state index in [9.17, 15) is 4.79 Å². The van der Waals surface area contributed by atoms with Gasteiger partial charge >= 0.3 is 0 Å². The molecule has 0 aliphatic heterocycles. The molecule has 0 aliphatic rings. The summed E-state index contributed by atoms with van der Waals surface area (Å²) in [6, 6.07) is 6.67. The summed E-state index contributed by atoms with van der Waals surface area (Å²) in [7, 11) is 1.76. The van der Waals surface area contributed by atoms with E-state index in [1.165, 1.54) is 17.0 Å². The molecule has 0 saturated carbocycles. The number of anilines is 1. The molecule has 0 amide bonds. The third kappa shape index (κ3) is 1.85. The molecular formula is C10H10N4O. The maximum absolute atomic E-state index is 11.5. The van der Waals surface area contributed by atoms with Crippen LogP contribution in [0.15, 0.2) is 41.6 Å². The molecule has 0 spiro atoms. The van der Waals surface area contributed by atoms with Crippen molar-refractivity contribution in [1.82, 2.24) is 14.5 Å². The first kappa shape index (κ1) is 9.39. The van der Waals surface area contributed by atoms with Crippen LogP contribution in [0.25, 0.3) is 5.82 Å². The van der Waals surface area contributed by atoms with Crippen LogP contribution in [0.4, 0.5) is 5.82 Å². The molecule has 0 fully saturated rings. The summed E-state index contributed by atoms with van der Waals surface area (Å²) < 4.78 is 1.46. The number of aromatic nitrogens is 3. The predicted octanol–water partition coefficient (Wildman–Crippen LogP) is 0.669. The van der Waals surface area contributed by atoms with Crippen LogP contribution in [0, 0.1) is 0 Å². The Morgan fingerprint density at radius 2 is 2.20 bits per heavy atom. The van der Waals surface area contributed by atoms with E-state index in [2.05, 4.69) is 15.3 Å². The zero-order chi connectivity index (χ0) is 10.7. The highest BCUT2D eigenvalue weighted by atomic mass is 16.1. The maximum Gasteiger partial charge on any atom is 0.256 e. The van der Waals surface area contributed by atoms with Gasteiger partial charge in [-0.25, -0.2) is 9.97 Å². The lowest BCUT2D eigenvalue weighted by Gasteiger charge is -2.04. The first-order valence-electron chi connectivity index (χ1n) is 4.49. The molecule has 76 valence electrons. The minimum Gasteiger partial charge on any atom is -0.373 e. The van der Waals surface area contributed by atoms with Crippen LogP contribution in [-0.4, -0.2) is 21.6 Å². The van der Waals surface area contributed by atoms with Crippen LogP contribution in [0.5, 0.6) is 0 Å². The fourth-order valence-electron chi connectivity index (χ4n) is 1.23. The molecule has 2 heterocycles. The minimum atomic E-state index is -0.113. The largest absolute Gasteiger partial charge is 0.373 e. The van der Waals surface area contributed by atoms with Crippen molar-refractivity contribution in [2.75, 3.05) is 12.4 Å². The van der Waals surface area contributed by atoms with E-state index < -0.39 is 0 Å². The Kier molecular flexibility index (Phi) is 2.45. The standard InChI is InChI=1S/C10H10N4O/c1-11-8-6-9(13-7-12-8)14-5-3-2-4-10(14)15/h2-7H,1H3,(H,11,12,13). The molecular weight excluding hydrogens is 192 g/mol. The Balaban J connectivity index is 2.54. The summed E-state index contributed by atoms with van der Waals surface area (Å²) in [6.45, 7) is 0. The highest BCUT2D eigenvalue weighted by Gasteiger charge is 2.00. The molecule has 0 bridgehead atoms. The molecule has 5 heteroatoms. The quantitative estimate of drug-likeness (QED) is 0.777. The molecule has 0 saturated heterocycles. The van der Waals surface area contributed by atoms with Crippen molar-refractivity contribution in [1.29, 1.82) is 0 Å². The molecule has 2 aromatic heterocycles. The summed E-state index contributed by atoms with van der Waals surface area (Å²) in [6.07, 6.45) is 3.09. The third-order valence-electron chi connectivity index (χ3n) is 1.98. The Bertz CT molecular complexity index is 521.